The first-order valence-electron chi connectivity index (χ1n) is 10.5. The Morgan fingerprint density at radius 1 is 0.655 bits per heavy atom. The highest BCUT2D eigenvalue weighted by Gasteiger charge is 2.33. The second-order valence-electron chi connectivity index (χ2n) is 7.83. The lowest BCUT2D eigenvalue weighted by Gasteiger charge is -2.34. The molecule has 0 amide bonds. The molecule has 0 atom stereocenters. The minimum absolute atomic E-state index is 0.389. The molecule has 5 rings (SSSR count). The first-order valence-corrected chi connectivity index (χ1v) is 10.5. The molecule has 29 heavy (non-hydrogen) atoms. The molecule has 0 saturated carbocycles. The van der Waals surface area contributed by atoms with Gasteiger partial charge >= 0.3 is 0 Å². The number of piperazine rings is 1. The van der Waals surface area contributed by atoms with Crippen molar-refractivity contribution in [2.45, 2.75) is 6.04 Å². The fourth-order valence-electron chi connectivity index (χ4n) is 4.57. The number of para-hydroxylation sites is 1. The van der Waals surface area contributed by atoms with E-state index >= 15 is 0 Å². The SMILES string of the molecule is c1ccc(C(c2ccccc2)[NH+]2CCN(c3ccc4ccccc4[nH+]3)CC2)cc1. The maximum atomic E-state index is 3.62. The number of quaternary nitrogens is 1. The quantitative estimate of drug-likeness (QED) is 0.576. The van der Waals surface area contributed by atoms with Crippen LogP contribution in [-0.4, -0.2) is 26.2 Å². The second-order valence-corrected chi connectivity index (χ2v) is 7.83. The van der Waals surface area contributed by atoms with Crippen LogP contribution in [-0.2, 0) is 0 Å². The zero-order valence-electron chi connectivity index (χ0n) is 16.6. The molecule has 2 heterocycles. The van der Waals surface area contributed by atoms with Crippen LogP contribution in [0.4, 0.5) is 5.82 Å². The molecule has 0 aliphatic carbocycles. The Morgan fingerprint density at radius 2 is 1.24 bits per heavy atom. The van der Waals surface area contributed by atoms with E-state index in [4.69, 9.17) is 0 Å². The van der Waals surface area contributed by atoms with Crippen molar-refractivity contribution in [3.8, 4) is 0 Å². The minimum atomic E-state index is 0.389. The van der Waals surface area contributed by atoms with Gasteiger partial charge < -0.3 is 4.90 Å². The van der Waals surface area contributed by atoms with Crippen LogP contribution in [0.5, 0.6) is 0 Å². The zero-order chi connectivity index (χ0) is 19.5. The number of hydrogen-bond donors (Lipinski definition) is 1. The molecule has 4 aromatic rings. The fraction of sp³-hybridized carbons (Fsp3) is 0.192. The Morgan fingerprint density at radius 3 is 1.90 bits per heavy atom. The number of nitrogens with one attached hydrogen (secondary N) is 2. The summed E-state index contributed by atoms with van der Waals surface area (Å²) < 4.78 is 0. The van der Waals surface area contributed by atoms with Gasteiger partial charge in [0.15, 0.2) is 0 Å². The van der Waals surface area contributed by atoms with Gasteiger partial charge in [0.25, 0.3) is 5.82 Å². The molecule has 144 valence electrons. The molecule has 0 spiro atoms. The third-order valence-corrected chi connectivity index (χ3v) is 6.06. The van der Waals surface area contributed by atoms with E-state index < -0.39 is 0 Å². The molecule has 2 N–H and O–H groups in total. The van der Waals surface area contributed by atoms with E-state index in [1.807, 2.05) is 0 Å². The van der Waals surface area contributed by atoms with Crippen LogP contribution >= 0.6 is 0 Å². The van der Waals surface area contributed by atoms with Gasteiger partial charge in [0, 0.05) is 22.6 Å². The Labute approximate surface area is 172 Å². The number of nitrogens with zero attached hydrogens (tertiary/aromatic N) is 1. The largest absolute Gasteiger partial charge is 0.318 e. The van der Waals surface area contributed by atoms with Crippen molar-refractivity contribution in [3.63, 3.8) is 0 Å². The van der Waals surface area contributed by atoms with E-state index in [1.54, 1.807) is 4.90 Å². The number of aromatic nitrogens is 1. The predicted molar refractivity (Wildman–Crippen MR) is 118 cm³/mol. The maximum Gasteiger partial charge on any atom is 0.275 e. The lowest BCUT2D eigenvalue weighted by molar-refractivity contribution is -0.926. The summed E-state index contributed by atoms with van der Waals surface area (Å²) in [6.07, 6.45) is 0. The predicted octanol–water partition coefficient (Wildman–Crippen LogP) is 3.15. The normalized spacial score (nSPS) is 15.1. The van der Waals surface area contributed by atoms with Gasteiger partial charge in [-0.3, -0.25) is 4.90 Å². The van der Waals surface area contributed by atoms with Crippen molar-refractivity contribution < 1.29 is 9.88 Å². The average molecular weight is 382 g/mol. The molecule has 3 nitrogen and oxygen atoms in total. The highest BCUT2D eigenvalue weighted by Crippen LogP contribution is 2.20. The minimum Gasteiger partial charge on any atom is -0.318 e. The van der Waals surface area contributed by atoms with Crippen LogP contribution in [0.3, 0.4) is 0 Å². The van der Waals surface area contributed by atoms with Gasteiger partial charge in [-0.15, -0.1) is 0 Å². The summed E-state index contributed by atoms with van der Waals surface area (Å²) in [7, 11) is 0. The molecule has 0 unspecified atom stereocenters. The molecule has 3 aromatic carbocycles. The zero-order valence-corrected chi connectivity index (χ0v) is 16.6. The lowest BCUT2D eigenvalue weighted by Crippen LogP contribution is -3.15. The van der Waals surface area contributed by atoms with E-state index in [0.29, 0.717) is 6.04 Å². The van der Waals surface area contributed by atoms with Crippen molar-refractivity contribution in [1.82, 2.24) is 0 Å². The van der Waals surface area contributed by atoms with Crippen LogP contribution in [0.15, 0.2) is 97.1 Å². The van der Waals surface area contributed by atoms with Gasteiger partial charge in [-0.25, -0.2) is 4.98 Å². The summed E-state index contributed by atoms with van der Waals surface area (Å²) in [5.74, 6) is 1.22. The van der Waals surface area contributed by atoms with Crippen LogP contribution in [0.25, 0.3) is 10.9 Å². The summed E-state index contributed by atoms with van der Waals surface area (Å²) in [5, 5.41) is 1.26. The topological polar surface area (TPSA) is 21.8 Å². The number of hydrogen-bond acceptors (Lipinski definition) is 1. The molecule has 1 fully saturated rings. The van der Waals surface area contributed by atoms with Gasteiger partial charge in [-0.1, -0.05) is 78.9 Å². The first-order chi connectivity index (χ1) is 14.4. The molecular weight excluding hydrogens is 354 g/mol. The van der Waals surface area contributed by atoms with E-state index in [0.717, 1.165) is 26.2 Å². The van der Waals surface area contributed by atoms with Crippen molar-refractivity contribution in [1.29, 1.82) is 0 Å². The third kappa shape index (κ3) is 3.74. The fourth-order valence-corrected chi connectivity index (χ4v) is 4.57. The Bertz CT molecular complexity index is 1030. The van der Waals surface area contributed by atoms with E-state index in [9.17, 15) is 0 Å². The van der Waals surface area contributed by atoms with Crippen molar-refractivity contribution >= 4 is 16.7 Å². The number of rotatable bonds is 4. The summed E-state index contributed by atoms with van der Waals surface area (Å²) in [5.41, 5.74) is 4.00. The maximum absolute atomic E-state index is 3.62. The molecule has 0 radical (unpaired) electrons. The Kier molecular flexibility index (Phi) is 4.97. The van der Waals surface area contributed by atoms with Crippen molar-refractivity contribution in [2.24, 2.45) is 0 Å². The average Bonchev–Trinajstić information content (AvgIpc) is 2.81. The third-order valence-electron chi connectivity index (χ3n) is 6.06. The van der Waals surface area contributed by atoms with Crippen LogP contribution in [0.1, 0.15) is 17.2 Å². The number of aromatic amines is 1. The number of benzene rings is 3. The van der Waals surface area contributed by atoms with Gasteiger partial charge in [0.05, 0.1) is 0 Å². The molecule has 1 saturated heterocycles. The summed E-state index contributed by atoms with van der Waals surface area (Å²) in [6.45, 7) is 4.35. The standard InChI is InChI=1S/C26H25N3/c1-3-10-22(11-4-1)26(23-12-5-2-6-13-23)29-19-17-28(18-20-29)25-16-15-21-9-7-8-14-24(21)27-25/h1-16,26H,17-20H2/p+2. The number of fused-ring (bicyclic) bond motifs is 1. The van der Waals surface area contributed by atoms with Crippen molar-refractivity contribution in [3.05, 3.63) is 108 Å². The van der Waals surface area contributed by atoms with Gasteiger partial charge in [-0.2, -0.15) is 0 Å². The van der Waals surface area contributed by atoms with Gasteiger partial charge in [-0.05, 0) is 12.1 Å². The van der Waals surface area contributed by atoms with Crippen LogP contribution in [0.2, 0.25) is 0 Å². The molecule has 1 aliphatic heterocycles. The Balaban J connectivity index is 1.37. The van der Waals surface area contributed by atoms with E-state index in [2.05, 4.69) is 107 Å². The van der Waals surface area contributed by atoms with E-state index in [1.165, 1.54) is 27.8 Å². The molecule has 3 heteroatoms. The number of pyridine rings is 1. The molecule has 1 aliphatic rings. The lowest BCUT2D eigenvalue weighted by atomic mass is 9.96. The molecule has 0 bridgehead atoms. The number of anilines is 1. The Hall–Kier alpha value is -3.17. The highest BCUT2D eigenvalue weighted by atomic mass is 15.3. The first kappa shape index (κ1) is 17.9. The van der Waals surface area contributed by atoms with Gasteiger partial charge in [0.1, 0.15) is 37.7 Å². The highest BCUT2D eigenvalue weighted by molar-refractivity contribution is 5.76. The van der Waals surface area contributed by atoms with Gasteiger partial charge in [0.2, 0.25) is 0 Å². The second kappa shape index (κ2) is 8.06. The summed E-state index contributed by atoms with van der Waals surface area (Å²) in [6, 6.07) is 35.2. The van der Waals surface area contributed by atoms with Crippen LogP contribution in [0, 0.1) is 0 Å². The van der Waals surface area contributed by atoms with Crippen molar-refractivity contribution in [2.75, 3.05) is 31.1 Å². The summed E-state index contributed by atoms with van der Waals surface area (Å²) in [4.78, 5) is 7.75. The monoisotopic (exact) mass is 381 g/mol. The molecule has 1 aromatic heterocycles. The smallest absolute Gasteiger partial charge is 0.275 e. The number of H-pyrrole nitrogens is 1. The molecular formula is C26H27N3+2. The van der Waals surface area contributed by atoms with E-state index in [-0.39, 0.29) is 0 Å². The van der Waals surface area contributed by atoms with Crippen LogP contribution < -0.4 is 14.8 Å². The summed E-state index contributed by atoms with van der Waals surface area (Å²) >= 11 is 0.